The Morgan fingerprint density at radius 3 is 2.44 bits per heavy atom. The molecule has 0 spiro atoms. The maximum Gasteiger partial charge on any atom is 0.236 e. The maximum absolute atomic E-state index is 12.9. The number of thioether (sulfide) groups is 1. The van der Waals surface area contributed by atoms with Gasteiger partial charge in [0.1, 0.15) is 5.37 Å². The van der Waals surface area contributed by atoms with Crippen molar-refractivity contribution in [3.8, 4) is 0 Å². The van der Waals surface area contributed by atoms with Crippen molar-refractivity contribution in [2.75, 3.05) is 39.3 Å². The quantitative estimate of drug-likeness (QED) is 0.750. The summed E-state index contributed by atoms with van der Waals surface area (Å²) in [5, 5.41) is 0.181. The second-order valence-corrected chi connectivity index (χ2v) is 8.64. The molecule has 2 saturated heterocycles. The van der Waals surface area contributed by atoms with E-state index in [2.05, 4.69) is 47.9 Å². The van der Waals surface area contributed by atoms with E-state index in [0.29, 0.717) is 6.42 Å². The van der Waals surface area contributed by atoms with Crippen molar-refractivity contribution >= 4 is 23.6 Å². The number of hydrogen-bond donors (Lipinski definition) is 0. The van der Waals surface area contributed by atoms with Crippen LogP contribution in [0, 0.1) is 6.92 Å². The van der Waals surface area contributed by atoms with E-state index in [4.69, 9.17) is 0 Å². The van der Waals surface area contributed by atoms with Gasteiger partial charge in [0.2, 0.25) is 11.8 Å². The Labute approximate surface area is 167 Å². The molecule has 0 aromatic heterocycles. The normalized spacial score (nSPS) is 23.9. The molecule has 0 unspecified atom stereocenters. The van der Waals surface area contributed by atoms with Crippen LogP contribution in [0.25, 0.3) is 0 Å². The lowest BCUT2D eigenvalue weighted by atomic mass is 10.1. The summed E-state index contributed by atoms with van der Waals surface area (Å²) in [6.45, 7) is 11.2. The summed E-state index contributed by atoms with van der Waals surface area (Å²) in [5.41, 5.74) is 2.50. The Bertz CT molecular complexity index is 673. The average molecular weight is 390 g/mol. The van der Waals surface area contributed by atoms with Gasteiger partial charge in [-0.25, -0.2) is 0 Å². The molecule has 0 aliphatic carbocycles. The summed E-state index contributed by atoms with van der Waals surface area (Å²) >= 11 is 1.79. The molecule has 1 aromatic rings. The van der Waals surface area contributed by atoms with Gasteiger partial charge in [0.05, 0.1) is 5.25 Å². The topological polar surface area (TPSA) is 43.9 Å². The summed E-state index contributed by atoms with van der Waals surface area (Å²) in [6.07, 6.45) is 1.45. The number of amides is 2. The van der Waals surface area contributed by atoms with E-state index in [1.807, 2.05) is 11.8 Å². The first-order valence-electron chi connectivity index (χ1n) is 10.1. The number of carbonyl (C=O) groups excluding carboxylic acids is 2. The lowest BCUT2D eigenvalue weighted by Gasteiger charge is -2.36. The third-order valence-corrected chi connectivity index (χ3v) is 7.27. The van der Waals surface area contributed by atoms with Crippen LogP contribution >= 0.6 is 11.8 Å². The monoisotopic (exact) mass is 389 g/mol. The molecule has 0 radical (unpaired) electrons. The van der Waals surface area contributed by atoms with E-state index in [1.54, 1.807) is 11.8 Å². The fraction of sp³-hybridized carbons (Fsp3) is 0.619. The highest BCUT2D eigenvalue weighted by molar-refractivity contribution is 8.01. The predicted molar refractivity (Wildman–Crippen MR) is 111 cm³/mol. The molecule has 6 heteroatoms. The number of benzene rings is 1. The molecule has 0 N–H and O–H groups in total. The van der Waals surface area contributed by atoms with Crippen LogP contribution in [0.5, 0.6) is 0 Å². The van der Waals surface area contributed by atoms with Gasteiger partial charge in [0, 0.05) is 45.7 Å². The zero-order valence-electron chi connectivity index (χ0n) is 16.7. The highest BCUT2D eigenvalue weighted by atomic mass is 32.2. The van der Waals surface area contributed by atoms with E-state index in [-0.39, 0.29) is 22.4 Å². The van der Waals surface area contributed by atoms with Crippen molar-refractivity contribution in [3.63, 3.8) is 0 Å². The highest BCUT2D eigenvalue weighted by Gasteiger charge is 2.40. The minimum atomic E-state index is 0.0635. The van der Waals surface area contributed by atoms with Crippen molar-refractivity contribution in [2.24, 2.45) is 0 Å². The molecular weight excluding hydrogens is 358 g/mol. The lowest BCUT2D eigenvalue weighted by molar-refractivity contribution is -0.132. The van der Waals surface area contributed by atoms with Crippen LogP contribution in [0.4, 0.5) is 0 Å². The van der Waals surface area contributed by atoms with Crippen LogP contribution in [0.15, 0.2) is 24.3 Å². The van der Waals surface area contributed by atoms with Gasteiger partial charge in [0.25, 0.3) is 0 Å². The van der Waals surface area contributed by atoms with Crippen LogP contribution in [0.3, 0.4) is 0 Å². The number of piperazine rings is 1. The second kappa shape index (κ2) is 9.11. The first-order chi connectivity index (χ1) is 13.0. The first kappa shape index (κ1) is 20.2. The van der Waals surface area contributed by atoms with Gasteiger partial charge < -0.3 is 9.80 Å². The van der Waals surface area contributed by atoms with Crippen LogP contribution in [-0.2, 0) is 9.59 Å². The van der Waals surface area contributed by atoms with Crippen molar-refractivity contribution in [3.05, 3.63) is 35.4 Å². The zero-order valence-corrected chi connectivity index (χ0v) is 17.5. The Hall–Kier alpha value is -1.53. The molecule has 148 valence electrons. The van der Waals surface area contributed by atoms with E-state index in [0.717, 1.165) is 45.7 Å². The molecule has 2 aliphatic heterocycles. The molecule has 5 nitrogen and oxygen atoms in total. The summed E-state index contributed by atoms with van der Waals surface area (Å²) < 4.78 is 0. The molecule has 2 atom stereocenters. The average Bonchev–Trinajstić information content (AvgIpc) is 3.02. The fourth-order valence-corrected chi connectivity index (χ4v) is 5.41. The van der Waals surface area contributed by atoms with Crippen molar-refractivity contribution < 1.29 is 9.59 Å². The van der Waals surface area contributed by atoms with E-state index in [9.17, 15) is 9.59 Å². The first-order valence-corrected chi connectivity index (χ1v) is 11.0. The predicted octanol–water partition coefficient (Wildman–Crippen LogP) is 2.90. The summed E-state index contributed by atoms with van der Waals surface area (Å²) in [4.78, 5) is 31.2. The van der Waals surface area contributed by atoms with Gasteiger partial charge in [-0.05, 0) is 24.5 Å². The number of aryl methyl sites for hydroxylation is 1. The molecule has 2 aliphatic rings. The molecule has 3 rings (SSSR count). The Kier molecular flexibility index (Phi) is 6.82. The van der Waals surface area contributed by atoms with Gasteiger partial charge in [-0.3, -0.25) is 14.5 Å². The van der Waals surface area contributed by atoms with Crippen LogP contribution < -0.4 is 0 Å². The summed E-state index contributed by atoms with van der Waals surface area (Å²) in [5.74, 6) is 0.515. The Morgan fingerprint density at radius 2 is 1.81 bits per heavy atom. The smallest absolute Gasteiger partial charge is 0.236 e. The van der Waals surface area contributed by atoms with E-state index in [1.165, 1.54) is 11.1 Å². The summed E-state index contributed by atoms with van der Waals surface area (Å²) in [6, 6.07) is 8.40. The minimum Gasteiger partial charge on any atom is -0.340 e. The van der Waals surface area contributed by atoms with Gasteiger partial charge in [-0.15, -0.1) is 11.8 Å². The van der Waals surface area contributed by atoms with Crippen LogP contribution in [0.1, 0.15) is 43.2 Å². The molecule has 2 fully saturated rings. The van der Waals surface area contributed by atoms with Crippen molar-refractivity contribution in [1.29, 1.82) is 0 Å². The van der Waals surface area contributed by atoms with Gasteiger partial charge >= 0.3 is 0 Å². The van der Waals surface area contributed by atoms with Gasteiger partial charge in [0.15, 0.2) is 0 Å². The summed E-state index contributed by atoms with van der Waals surface area (Å²) in [7, 11) is 0. The molecule has 0 bridgehead atoms. The molecule has 1 aromatic carbocycles. The Balaban J connectivity index is 1.63. The third kappa shape index (κ3) is 4.49. The minimum absolute atomic E-state index is 0.0635. The fourth-order valence-electron chi connectivity index (χ4n) is 3.88. The number of hydrogen-bond acceptors (Lipinski definition) is 4. The number of carbonyl (C=O) groups is 2. The van der Waals surface area contributed by atoms with Crippen molar-refractivity contribution in [2.45, 2.75) is 44.2 Å². The van der Waals surface area contributed by atoms with Crippen molar-refractivity contribution in [1.82, 2.24) is 14.7 Å². The van der Waals surface area contributed by atoms with Crippen LogP contribution in [0.2, 0.25) is 0 Å². The van der Waals surface area contributed by atoms with Crippen LogP contribution in [-0.4, -0.2) is 71.0 Å². The second-order valence-electron chi connectivity index (χ2n) is 7.35. The van der Waals surface area contributed by atoms with Gasteiger partial charge in [-0.1, -0.05) is 38.1 Å². The molecule has 2 heterocycles. The standard InChI is InChI=1S/C21H31N3O2S/c1-4-18-20(26)24(21(27-18)17-9-7-6-8-16(17)3)15-12-22-10-13-23(14-11-22)19(25)5-2/h6-9,18,21H,4-5,10-15H2,1-3H3/t18-,21+/m0/s1. The molecule has 2 amide bonds. The largest absolute Gasteiger partial charge is 0.340 e. The SMILES string of the molecule is CCC(=O)N1CCN(CCN2C(=O)[C@H](CC)S[C@@H]2c2ccccc2C)CC1. The van der Waals surface area contributed by atoms with E-state index < -0.39 is 0 Å². The van der Waals surface area contributed by atoms with E-state index >= 15 is 0 Å². The molecular formula is C21H31N3O2S. The maximum atomic E-state index is 12.9. The van der Waals surface area contributed by atoms with Gasteiger partial charge in [-0.2, -0.15) is 0 Å². The molecule has 27 heavy (non-hydrogen) atoms. The zero-order chi connectivity index (χ0) is 19.4. The third-order valence-electron chi connectivity index (χ3n) is 5.64. The number of rotatable bonds is 6. The molecule has 0 saturated carbocycles. The Morgan fingerprint density at radius 1 is 1.11 bits per heavy atom. The lowest BCUT2D eigenvalue weighted by Crippen LogP contribution is -2.50. The number of nitrogens with zero attached hydrogens (tertiary/aromatic N) is 3. The highest BCUT2D eigenvalue weighted by Crippen LogP contribution is 2.44.